The number of nitrogens with zero attached hydrogens (tertiary/aromatic N) is 5. The molecule has 1 saturated carbocycles. The lowest BCUT2D eigenvalue weighted by molar-refractivity contribution is -0.00624. The van der Waals surface area contributed by atoms with Crippen LogP contribution in [0.3, 0.4) is 0 Å². The molecule has 0 atom stereocenters. The molecular formula is C18H24N6O3. The molecular weight excluding hydrogens is 348 g/mol. The number of ether oxygens (including phenoxy) is 1. The van der Waals surface area contributed by atoms with Crippen molar-refractivity contribution in [1.82, 2.24) is 30.3 Å². The average Bonchev–Trinajstić information content (AvgIpc) is 3.39. The zero-order chi connectivity index (χ0) is 18.5. The summed E-state index contributed by atoms with van der Waals surface area (Å²) >= 11 is 0. The van der Waals surface area contributed by atoms with Crippen molar-refractivity contribution in [2.45, 2.75) is 57.3 Å². The van der Waals surface area contributed by atoms with E-state index in [1.54, 1.807) is 18.6 Å². The first-order valence-corrected chi connectivity index (χ1v) is 9.54. The predicted molar refractivity (Wildman–Crippen MR) is 95.5 cm³/mol. The van der Waals surface area contributed by atoms with E-state index >= 15 is 0 Å². The highest BCUT2D eigenvalue weighted by atomic mass is 16.5. The van der Waals surface area contributed by atoms with Crippen molar-refractivity contribution < 1.29 is 14.1 Å². The van der Waals surface area contributed by atoms with Crippen molar-refractivity contribution in [3.63, 3.8) is 0 Å². The van der Waals surface area contributed by atoms with E-state index in [9.17, 15) is 4.79 Å². The molecule has 0 aromatic carbocycles. The van der Waals surface area contributed by atoms with E-state index in [1.807, 2.05) is 4.90 Å². The molecule has 1 N–H and O–H groups in total. The van der Waals surface area contributed by atoms with Gasteiger partial charge in [-0.2, -0.15) is 4.98 Å². The third-order valence-electron chi connectivity index (χ3n) is 5.11. The summed E-state index contributed by atoms with van der Waals surface area (Å²) in [6, 6.07) is 0.415. The van der Waals surface area contributed by atoms with E-state index in [4.69, 9.17) is 9.26 Å². The van der Waals surface area contributed by atoms with Crippen LogP contribution in [-0.2, 0) is 11.3 Å². The van der Waals surface area contributed by atoms with E-state index in [2.05, 4.69) is 25.4 Å². The molecule has 0 bridgehead atoms. The van der Waals surface area contributed by atoms with Gasteiger partial charge >= 0.3 is 6.03 Å². The van der Waals surface area contributed by atoms with Crippen molar-refractivity contribution in [2.75, 3.05) is 13.1 Å². The molecule has 1 saturated heterocycles. The van der Waals surface area contributed by atoms with Gasteiger partial charge in [0.25, 0.3) is 5.89 Å². The normalized spacial score (nSPS) is 18.7. The Balaban J connectivity index is 1.21. The molecule has 9 nitrogen and oxygen atoms in total. The van der Waals surface area contributed by atoms with Crippen LogP contribution in [0.2, 0.25) is 0 Å². The second-order valence-electron chi connectivity index (χ2n) is 7.03. The first-order valence-electron chi connectivity index (χ1n) is 9.54. The van der Waals surface area contributed by atoms with E-state index in [0.717, 1.165) is 25.7 Å². The highest BCUT2D eigenvalue weighted by Crippen LogP contribution is 2.20. The summed E-state index contributed by atoms with van der Waals surface area (Å²) in [5.74, 6) is 0.817. The largest absolute Gasteiger partial charge is 0.368 e. The summed E-state index contributed by atoms with van der Waals surface area (Å²) in [6.45, 7) is 1.67. The molecule has 144 valence electrons. The lowest BCUT2D eigenvalue weighted by Crippen LogP contribution is -2.48. The molecule has 4 rings (SSSR count). The molecule has 2 fully saturated rings. The Kier molecular flexibility index (Phi) is 5.57. The first-order chi connectivity index (χ1) is 13.3. The molecule has 27 heavy (non-hydrogen) atoms. The summed E-state index contributed by atoms with van der Waals surface area (Å²) in [5, 5.41) is 7.05. The zero-order valence-electron chi connectivity index (χ0n) is 15.2. The van der Waals surface area contributed by atoms with Crippen molar-refractivity contribution in [3.05, 3.63) is 24.5 Å². The molecule has 2 aromatic rings. The fourth-order valence-corrected chi connectivity index (χ4v) is 3.58. The topological polar surface area (TPSA) is 106 Å². The molecule has 2 aliphatic rings. The molecule has 1 aliphatic heterocycles. The second-order valence-corrected chi connectivity index (χ2v) is 7.03. The predicted octanol–water partition coefficient (Wildman–Crippen LogP) is 2.16. The Morgan fingerprint density at radius 3 is 2.78 bits per heavy atom. The van der Waals surface area contributed by atoms with Gasteiger partial charge in [0.05, 0.1) is 12.3 Å². The monoisotopic (exact) mass is 372 g/mol. The minimum absolute atomic E-state index is 0.0610. The Bertz CT molecular complexity index is 739. The maximum atomic E-state index is 12.3. The molecule has 2 aromatic heterocycles. The molecule has 1 aliphatic carbocycles. The van der Waals surface area contributed by atoms with Gasteiger partial charge < -0.3 is 19.5 Å². The number of piperidine rings is 1. The minimum Gasteiger partial charge on any atom is -0.368 e. The Labute approximate surface area is 157 Å². The van der Waals surface area contributed by atoms with E-state index in [-0.39, 0.29) is 18.7 Å². The number of hydrogen-bond donors (Lipinski definition) is 1. The number of rotatable bonds is 5. The van der Waals surface area contributed by atoms with Gasteiger partial charge in [-0.1, -0.05) is 18.0 Å². The summed E-state index contributed by atoms with van der Waals surface area (Å²) in [7, 11) is 0. The van der Waals surface area contributed by atoms with Crippen LogP contribution >= 0.6 is 0 Å². The molecule has 0 radical (unpaired) electrons. The third-order valence-corrected chi connectivity index (χ3v) is 5.11. The van der Waals surface area contributed by atoms with Gasteiger partial charge in [-0.3, -0.25) is 4.98 Å². The van der Waals surface area contributed by atoms with Crippen molar-refractivity contribution >= 4 is 6.03 Å². The molecule has 3 heterocycles. The van der Waals surface area contributed by atoms with Gasteiger partial charge in [-0.25, -0.2) is 9.78 Å². The average molecular weight is 372 g/mol. The first kappa shape index (κ1) is 17.8. The van der Waals surface area contributed by atoms with E-state index in [1.165, 1.54) is 12.8 Å². The summed E-state index contributed by atoms with van der Waals surface area (Å²) < 4.78 is 11.1. The molecule has 0 spiro atoms. The Hall–Kier alpha value is -2.55. The van der Waals surface area contributed by atoms with Crippen LogP contribution in [0, 0.1) is 0 Å². The van der Waals surface area contributed by atoms with Gasteiger partial charge in [-0.15, -0.1) is 0 Å². The number of amides is 2. The molecule has 2 amide bonds. The molecule has 0 unspecified atom stereocenters. The number of aromatic nitrogens is 4. The number of urea groups is 1. The maximum Gasteiger partial charge on any atom is 0.317 e. The number of carbonyl (C=O) groups is 1. The number of carbonyl (C=O) groups excluding carboxylic acids is 1. The van der Waals surface area contributed by atoms with Gasteiger partial charge in [-0.05, 0) is 25.7 Å². The van der Waals surface area contributed by atoms with Crippen LogP contribution in [0.4, 0.5) is 4.79 Å². The van der Waals surface area contributed by atoms with E-state index < -0.39 is 0 Å². The fraction of sp³-hybridized carbons (Fsp3) is 0.611. The highest BCUT2D eigenvalue weighted by Gasteiger charge is 2.26. The number of likely N-dealkylation sites (tertiary alicyclic amines) is 1. The molecule has 9 heteroatoms. The number of hydrogen-bond acceptors (Lipinski definition) is 7. The van der Waals surface area contributed by atoms with Crippen LogP contribution in [0.25, 0.3) is 11.5 Å². The summed E-state index contributed by atoms with van der Waals surface area (Å²) in [6.07, 6.45) is 11.1. The Morgan fingerprint density at radius 1 is 1.22 bits per heavy atom. The second kappa shape index (κ2) is 8.43. The van der Waals surface area contributed by atoms with Gasteiger partial charge in [0, 0.05) is 31.5 Å². The Morgan fingerprint density at radius 2 is 2.04 bits per heavy atom. The third kappa shape index (κ3) is 4.60. The SMILES string of the molecule is O=C(NC1CCCC1)N1CCC(OCc2nc(-c3cnccn3)no2)CC1. The quantitative estimate of drug-likeness (QED) is 0.857. The van der Waals surface area contributed by atoms with Crippen LogP contribution in [-0.4, -0.2) is 56.3 Å². The number of nitrogens with one attached hydrogen (secondary N) is 1. The van der Waals surface area contributed by atoms with Crippen LogP contribution < -0.4 is 5.32 Å². The minimum atomic E-state index is 0.0610. The highest BCUT2D eigenvalue weighted by molar-refractivity contribution is 5.74. The van der Waals surface area contributed by atoms with Crippen molar-refractivity contribution in [1.29, 1.82) is 0 Å². The summed E-state index contributed by atoms with van der Waals surface area (Å²) in [4.78, 5) is 26.6. The smallest absolute Gasteiger partial charge is 0.317 e. The zero-order valence-corrected chi connectivity index (χ0v) is 15.2. The van der Waals surface area contributed by atoms with Gasteiger partial charge in [0.2, 0.25) is 5.82 Å². The van der Waals surface area contributed by atoms with Gasteiger partial charge in [0.1, 0.15) is 12.3 Å². The summed E-state index contributed by atoms with van der Waals surface area (Å²) in [5.41, 5.74) is 0.564. The van der Waals surface area contributed by atoms with E-state index in [0.29, 0.717) is 36.5 Å². The lowest BCUT2D eigenvalue weighted by Gasteiger charge is -2.32. The van der Waals surface area contributed by atoms with Crippen molar-refractivity contribution in [3.8, 4) is 11.5 Å². The standard InChI is InChI=1S/C18H24N6O3/c25-18(21-13-3-1-2-4-13)24-9-5-14(6-10-24)26-12-16-22-17(23-27-16)15-11-19-7-8-20-15/h7-8,11,13-14H,1-6,9-10,12H2,(H,21,25). The fourth-order valence-electron chi connectivity index (χ4n) is 3.58. The van der Waals surface area contributed by atoms with Crippen molar-refractivity contribution in [2.24, 2.45) is 0 Å². The van der Waals surface area contributed by atoms with Crippen LogP contribution in [0.1, 0.15) is 44.4 Å². The maximum absolute atomic E-state index is 12.3. The van der Waals surface area contributed by atoms with Gasteiger partial charge in [0.15, 0.2) is 0 Å². The lowest BCUT2D eigenvalue weighted by atomic mass is 10.1. The van der Waals surface area contributed by atoms with Crippen LogP contribution in [0.15, 0.2) is 23.1 Å². The van der Waals surface area contributed by atoms with Crippen LogP contribution in [0.5, 0.6) is 0 Å².